The number of halogens is 1. The van der Waals surface area contributed by atoms with Crippen LogP contribution in [0.1, 0.15) is 35.1 Å². The smallest absolute Gasteiger partial charge is 0.251 e. The van der Waals surface area contributed by atoms with Crippen LogP contribution in [0.2, 0.25) is 0 Å². The lowest BCUT2D eigenvalue weighted by molar-refractivity contribution is 0.0725. The number of hydrogen-bond donors (Lipinski definition) is 2. The first-order chi connectivity index (χ1) is 11.8. The van der Waals surface area contributed by atoms with Gasteiger partial charge in [0.1, 0.15) is 11.5 Å². The second kappa shape index (κ2) is 7.76. The van der Waals surface area contributed by atoms with Gasteiger partial charge in [0.2, 0.25) is 0 Å². The Bertz CT molecular complexity index is 752. The van der Waals surface area contributed by atoms with Crippen LogP contribution in [0.3, 0.4) is 0 Å². The molecule has 1 unspecified atom stereocenters. The Morgan fingerprint density at radius 1 is 1.40 bits per heavy atom. The molecule has 136 valence electrons. The van der Waals surface area contributed by atoms with Gasteiger partial charge < -0.3 is 15.2 Å². The number of aromatic nitrogens is 2. The number of nitrogens with zero attached hydrogens (tertiary/aromatic N) is 2. The number of amides is 1. The summed E-state index contributed by atoms with van der Waals surface area (Å²) in [6, 6.07) is 6.12. The van der Waals surface area contributed by atoms with Crippen LogP contribution in [0.5, 0.6) is 0 Å². The van der Waals surface area contributed by atoms with E-state index in [1.54, 1.807) is 13.0 Å². The molecule has 1 heterocycles. The van der Waals surface area contributed by atoms with E-state index in [9.17, 15) is 9.18 Å². The summed E-state index contributed by atoms with van der Waals surface area (Å²) >= 11 is 0. The molecule has 2 N–H and O–H groups in total. The number of aryl methyl sites for hydroxylation is 2. The molecule has 0 aliphatic rings. The quantitative estimate of drug-likeness (QED) is 0.803. The highest BCUT2D eigenvalue weighted by Crippen LogP contribution is 2.18. The molecule has 0 bridgehead atoms. The van der Waals surface area contributed by atoms with E-state index in [0.717, 1.165) is 11.4 Å². The molecule has 0 aliphatic carbocycles. The van der Waals surface area contributed by atoms with Crippen LogP contribution >= 0.6 is 0 Å². The molecular weight excluding hydrogens is 325 g/mol. The zero-order valence-corrected chi connectivity index (χ0v) is 15.0. The first-order valence-electron chi connectivity index (χ1n) is 8.05. The van der Waals surface area contributed by atoms with E-state index in [1.165, 1.54) is 23.9 Å². The summed E-state index contributed by atoms with van der Waals surface area (Å²) < 4.78 is 21.1. The highest BCUT2D eigenvalue weighted by atomic mass is 19.1. The molecule has 25 heavy (non-hydrogen) atoms. The topological polar surface area (TPSA) is 76.4 Å². The van der Waals surface area contributed by atoms with E-state index in [2.05, 4.69) is 10.4 Å². The fourth-order valence-corrected chi connectivity index (χ4v) is 2.78. The van der Waals surface area contributed by atoms with Gasteiger partial charge in [0.25, 0.3) is 5.91 Å². The van der Waals surface area contributed by atoms with Crippen molar-refractivity contribution in [1.29, 1.82) is 0 Å². The van der Waals surface area contributed by atoms with Crippen molar-refractivity contribution in [2.45, 2.75) is 32.7 Å². The predicted molar refractivity (Wildman–Crippen MR) is 92.4 cm³/mol. The number of aliphatic hydroxyl groups is 1. The van der Waals surface area contributed by atoms with Gasteiger partial charge in [-0.15, -0.1) is 0 Å². The highest BCUT2D eigenvalue weighted by Gasteiger charge is 2.26. The molecule has 2 aromatic rings. The molecule has 6 nitrogen and oxygen atoms in total. The van der Waals surface area contributed by atoms with E-state index in [4.69, 9.17) is 9.84 Å². The predicted octanol–water partition coefficient (Wildman–Crippen LogP) is 2.15. The van der Waals surface area contributed by atoms with Crippen molar-refractivity contribution >= 4 is 5.91 Å². The summed E-state index contributed by atoms with van der Waals surface area (Å²) in [4.78, 5) is 12.4. The number of methoxy groups -OCH3 is 1. The Morgan fingerprint density at radius 3 is 2.64 bits per heavy atom. The number of carbonyl (C=O) groups is 1. The zero-order valence-electron chi connectivity index (χ0n) is 15.0. The number of carbonyl (C=O) groups excluding carboxylic acids is 1. The molecule has 7 heteroatoms. The summed E-state index contributed by atoms with van der Waals surface area (Å²) in [6.07, 6.45) is 0.332. The number of rotatable bonds is 7. The van der Waals surface area contributed by atoms with Gasteiger partial charge in [-0.2, -0.15) is 5.10 Å². The minimum Gasteiger partial charge on any atom is -0.396 e. The van der Waals surface area contributed by atoms with Gasteiger partial charge in [0, 0.05) is 25.0 Å². The van der Waals surface area contributed by atoms with Gasteiger partial charge in [0.15, 0.2) is 0 Å². The largest absolute Gasteiger partial charge is 0.396 e. The molecule has 0 fully saturated rings. The third kappa shape index (κ3) is 4.43. The minimum absolute atomic E-state index is 0.0919. The average molecular weight is 349 g/mol. The normalized spacial score (nSPS) is 13.5. The van der Waals surface area contributed by atoms with Crippen molar-refractivity contribution in [3.63, 3.8) is 0 Å². The van der Waals surface area contributed by atoms with Crippen molar-refractivity contribution in [2.75, 3.05) is 20.3 Å². The summed E-state index contributed by atoms with van der Waals surface area (Å²) in [6.45, 7) is 5.59. The van der Waals surface area contributed by atoms with Crippen LogP contribution in [-0.4, -0.2) is 46.7 Å². The van der Waals surface area contributed by atoms with Crippen LogP contribution in [0.15, 0.2) is 24.3 Å². The van der Waals surface area contributed by atoms with Crippen molar-refractivity contribution in [3.8, 4) is 5.69 Å². The van der Waals surface area contributed by atoms with Crippen LogP contribution in [0.4, 0.5) is 4.39 Å². The number of aliphatic hydroxyl groups excluding tert-OH is 1. The molecule has 0 saturated carbocycles. The maximum absolute atomic E-state index is 14.5. The number of benzene rings is 1. The fourth-order valence-electron chi connectivity index (χ4n) is 2.78. The summed E-state index contributed by atoms with van der Waals surface area (Å²) in [5, 5.41) is 16.2. The lowest BCUT2D eigenvalue weighted by Crippen LogP contribution is -2.50. The summed E-state index contributed by atoms with van der Waals surface area (Å²) in [7, 11) is 1.52. The van der Waals surface area contributed by atoms with Crippen LogP contribution in [0, 0.1) is 19.7 Å². The lowest BCUT2D eigenvalue weighted by atomic mass is 9.98. The summed E-state index contributed by atoms with van der Waals surface area (Å²) in [5.41, 5.74) is 1.35. The van der Waals surface area contributed by atoms with E-state index in [-0.39, 0.29) is 24.5 Å². The number of nitrogens with one attached hydrogen (secondary N) is 1. The van der Waals surface area contributed by atoms with Crippen LogP contribution < -0.4 is 5.32 Å². The standard InChI is InChI=1S/C18H24FN3O3/c1-12-9-13(2)22(21-12)16-6-5-14(10-15(16)19)17(24)20-18(3,7-8-23)11-25-4/h5-6,9-10,23H,7-8,11H2,1-4H3,(H,20,24). The first-order valence-corrected chi connectivity index (χ1v) is 8.05. The Labute approximate surface area is 146 Å². The fraction of sp³-hybridized carbons (Fsp3) is 0.444. The molecule has 1 amide bonds. The van der Waals surface area contributed by atoms with Crippen molar-refractivity contribution in [3.05, 3.63) is 47.0 Å². The Balaban J connectivity index is 2.24. The van der Waals surface area contributed by atoms with E-state index in [1.807, 2.05) is 19.9 Å². The third-order valence-corrected chi connectivity index (χ3v) is 3.99. The second-order valence-electron chi connectivity index (χ2n) is 6.43. The van der Waals surface area contributed by atoms with E-state index in [0.29, 0.717) is 6.42 Å². The molecular formula is C18H24FN3O3. The van der Waals surface area contributed by atoms with E-state index >= 15 is 0 Å². The second-order valence-corrected chi connectivity index (χ2v) is 6.43. The summed E-state index contributed by atoms with van der Waals surface area (Å²) in [5.74, 6) is -0.957. The Kier molecular flexibility index (Phi) is 5.92. The van der Waals surface area contributed by atoms with Crippen molar-refractivity contribution < 1.29 is 19.0 Å². The van der Waals surface area contributed by atoms with E-state index < -0.39 is 17.3 Å². The molecule has 1 aromatic heterocycles. The maximum Gasteiger partial charge on any atom is 0.251 e. The molecule has 1 atom stereocenters. The molecule has 2 rings (SSSR count). The first kappa shape index (κ1) is 19.1. The molecule has 0 saturated heterocycles. The molecule has 0 aliphatic heterocycles. The lowest BCUT2D eigenvalue weighted by Gasteiger charge is -2.29. The van der Waals surface area contributed by atoms with Gasteiger partial charge in [-0.05, 0) is 51.5 Å². The van der Waals surface area contributed by atoms with Crippen molar-refractivity contribution in [1.82, 2.24) is 15.1 Å². The van der Waals surface area contributed by atoms with Gasteiger partial charge in [-0.1, -0.05) is 0 Å². The monoisotopic (exact) mass is 349 g/mol. The Morgan fingerprint density at radius 2 is 2.12 bits per heavy atom. The van der Waals surface area contributed by atoms with Crippen molar-refractivity contribution in [2.24, 2.45) is 0 Å². The third-order valence-electron chi connectivity index (χ3n) is 3.99. The van der Waals surface area contributed by atoms with Crippen LogP contribution in [-0.2, 0) is 4.74 Å². The Hall–Kier alpha value is -2.25. The molecule has 0 spiro atoms. The SMILES string of the molecule is COCC(C)(CCO)NC(=O)c1ccc(-n2nc(C)cc2C)c(F)c1. The van der Waals surface area contributed by atoms with Gasteiger partial charge in [-0.25, -0.2) is 9.07 Å². The van der Waals surface area contributed by atoms with Crippen LogP contribution in [0.25, 0.3) is 5.69 Å². The molecule has 1 aromatic carbocycles. The number of ether oxygens (including phenoxy) is 1. The zero-order chi connectivity index (χ0) is 18.6. The average Bonchev–Trinajstić information content (AvgIpc) is 2.85. The number of hydrogen-bond acceptors (Lipinski definition) is 4. The van der Waals surface area contributed by atoms with Gasteiger partial charge >= 0.3 is 0 Å². The van der Waals surface area contributed by atoms with Gasteiger partial charge in [0.05, 0.1) is 17.8 Å². The van der Waals surface area contributed by atoms with Gasteiger partial charge in [-0.3, -0.25) is 4.79 Å². The molecule has 0 radical (unpaired) electrons. The minimum atomic E-state index is -0.731. The highest BCUT2D eigenvalue weighted by molar-refractivity contribution is 5.94. The maximum atomic E-state index is 14.5.